The lowest BCUT2D eigenvalue weighted by molar-refractivity contribution is 0.0662. The van der Waals surface area contributed by atoms with Gasteiger partial charge in [0.2, 0.25) is 0 Å². The molecule has 1 aliphatic rings. The predicted molar refractivity (Wildman–Crippen MR) is 69.6 cm³/mol. The quantitative estimate of drug-likeness (QED) is 0.779. The second-order valence-electron chi connectivity index (χ2n) is 5.75. The van der Waals surface area contributed by atoms with Crippen LogP contribution in [0.2, 0.25) is 0 Å². The molecule has 0 amide bonds. The molecule has 0 aliphatic heterocycles. The zero-order valence-electron chi connectivity index (χ0n) is 11.6. The summed E-state index contributed by atoms with van der Waals surface area (Å²) >= 11 is 0. The van der Waals surface area contributed by atoms with Gasteiger partial charge in [-0.3, -0.25) is 0 Å². The van der Waals surface area contributed by atoms with Crippen molar-refractivity contribution in [2.24, 2.45) is 17.8 Å². The van der Waals surface area contributed by atoms with Crippen LogP contribution in [0.4, 0.5) is 0 Å². The summed E-state index contributed by atoms with van der Waals surface area (Å²) in [4.78, 5) is 0. The largest absolute Gasteiger partial charge is 0.382 e. The Morgan fingerprint density at radius 2 is 1.94 bits per heavy atom. The van der Waals surface area contributed by atoms with Crippen LogP contribution in [0, 0.1) is 17.8 Å². The van der Waals surface area contributed by atoms with Crippen molar-refractivity contribution in [1.82, 2.24) is 5.32 Å². The Labute approximate surface area is 101 Å². The van der Waals surface area contributed by atoms with Gasteiger partial charge in [0.1, 0.15) is 0 Å². The van der Waals surface area contributed by atoms with E-state index in [9.17, 15) is 0 Å². The van der Waals surface area contributed by atoms with Crippen molar-refractivity contribution in [3.05, 3.63) is 0 Å². The Morgan fingerprint density at radius 3 is 2.44 bits per heavy atom. The SMILES string of the molecule is CNC1CCC(C(C)C)CC1CC(C)OC. The first-order chi connectivity index (χ1) is 7.58. The topological polar surface area (TPSA) is 21.3 Å². The van der Waals surface area contributed by atoms with Crippen molar-refractivity contribution in [2.75, 3.05) is 14.2 Å². The molecule has 2 heteroatoms. The molecule has 1 N–H and O–H groups in total. The summed E-state index contributed by atoms with van der Waals surface area (Å²) in [5, 5.41) is 3.49. The Balaban J connectivity index is 2.53. The van der Waals surface area contributed by atoms with E-state index in [-0.39, 0.29) is 0 Å². The molecule has 0 aromatic rings. The third-order valence-corrected chi connectivity index (χ3v) is 4.37. The fourth-order valence-electron chi connectivity index (χ4n) is 3.07. The highest BCUT2D eigenvalue weighted by atomic mass is 16.5. The minimum atomic E-state index is 0.395. The van der Waals surface area contributed by atoms with E-state index >= 15 is 0 Å². The van der Waals surface area contributed by atoms with Gasteiger partial charge in [-0.15, -0.1) is 0 Å². The second kappa shape index (κ2) is 6.61. The number of hydrogen-bond acceptors (Lipinski definition) is 2. The van der Waals surface area contributed by atoms with Crippen molar-refractivity contribution in [1.29, 1.82) is 0 Å². The summed E-state index contributed by atoms with van der Waals surface area (Å²) in [6.45, 7) is 6.91. The molecule has 0 spiro atoms. The van der Waals surface area contributed by atoms with Gasteiger partial charge in [-0.25, -0.2) is 0 Å². The maximum absolute atomic E-state index is 5.41. The summed E-state index contributed by atoms with van der Waals surface area (Å²) in [5.74, 6) is 2.54. The molecule has 16 heavy (non-hydrogen) atoms. The summed E-state index contributed by atoms with van der Waals surface area (Å²) in [6.07, 6.45) is 5.69. The zero-order chi connectivity index (χ0) is 12.1. The first-order valence-corrected chi connectivity index (χ1v) is 6.78. The molecule has 0 aromatic carbocycles. The van der Waals surface area contributed by atoms with Gasteiger partial charge in [-0.2, -0.15) is 0 Å². The molecular formula is C14H29NO. The smallest absolute Gasteiger partial charge is 0.0546 e. The lowest BCUT2D eigenvalue weighted by atomic mass is 9.72. The van der Waals surface area contributed by atoms with Crippen LogP contribution < -0.4 is 5.32 Å². The van der Waals surface area contributed by atoms with E-state index in [0.717, 1.165) is 17.8 Å². The maximum Gasteiger partial charge on any atom is 0.0546 e. The number of nitrogens with one attached hydrogen (secondary N) is 1. The van der Waals surface area contributed by atoms with Crippen LogP contribution in [-0.2, 0) is 4.74 Å². The lowest BCUT2D eigenvalue weighted by Gasteiger charge is -2.38. The minimum Gasteiger partial charge on any atom is -0.382 e. The van der Waals surface area contributed by atoms with Gasteiger partial charge in [-0.1, -0.05) is 13.8 Å². The molecule has 0 aromatic heterocycles. The van der Waals surface area contributed by atoms with Crippen molar-refractivity contribution in [3.8, 4) is 0 Å². The normalized spacial score (nSPS) is 33.0. The third kappa shape index (κ3) is 3.74. The molecule has 0 heterocycles. The van der Waals surface area contributed by atoms with Crippen molar-refractivity contribution >= 4 is 0 Å². The van der Waals surface area contributed by atoms with Crippen LogP contribution in [0.3, 0.4) is 0 Å². The van der Waals surface area contributed by atoms with E-state index in [1.807, 2.05) is 7.11 Å². The molecule has 0 saturated heterocycles. The van der Waals surface area contributed by atoms with E-state index in [2.05, 4.69) is 33.1 Å². The van der Waals surface area contributed by atoms with E-state index in [1.165, 1.54) is 25.7 Å². The van der Waals surface area contributed by atoms with Crippen molar-refractivity contribution in [3.63, 3.8) is 0 Å². The van der Waals surface area contributed by atoms with Crippen LogP contribution in [-0.4, -0.2) is 26.3 Å². The molecule has 0 radical (unpaired) electrons. The van der Waals surface area contributed by atoms with E-state index in [1.54, 1.807) is 0 Å². The Bertz CT molecular complexity index is 193. The highest BCUT2D eigenvalue weighted by Gasteiger charge is 2.31. The van der Waals surface area contributed by atoms with Crippen LogP contribution in [0.5, 0.6) is 0 Å². The molecule has 1 fully saturated rings. The van der Waals surface area contributed by atoms with E-state index < -0.39 is 0 Å². The summed E-state index contributed by atoms with van der Waals surface area (Å²) in [5.41, 5.74) is 0. The van der Waals surface area contributed by atoms with Gasteiger partial charge in [-0.05, 0) is 57.4 Å². The predicted octanol–water partition coefficient (Wildman–Crippen LogP) is 3.07. The maximum atomic E-state index is 5.41. The monoisotopic (exact) mass is 227 g/mol. The molecule has 1 aliphatic carbocycles. The highest BCUT2D eigenvalue weighted by Crippen LogP contribution is 2.36. The fraction of sp³-hybridized carbons (Fsp3) is 1.00. The van der Waals surface area contributed by atoms with Gasteiger partial charge in [0.05, 0.1) is 6.10 Å². The van der Waals surface area contributed by atoms with E-state index in [0.29, 0.717) is 12.1 Å². The molecule has 0 bridgehead atoms. The Morgan fingerprint density at radius 1 is 1.25 bits per heavy atom. The van der Waals surface area contributed by atoms with Crippen LogP contribution in [0.25, 0.3) is 0 Å². The van der Waals surface area contributed by atoms with Gasteiger partial charge >= 0.3 is 0 Å². The Hall–Kier alpha value is -0.0800. The average Bonchev–Trinajstić information content (AvgIpc) is 2.28. The first kappa shape index (κ1) is 14.0. The minimum absolute atomic E-state index is 0.395. The van der Waals surface area contributed by atoms with Gasteiger partial charge < -0.3 is 10.1 Å². The lowest BCUT2D eigenvalue weighted by Crippen LogP contribution is -2.41. The molecule has 2 nitrogen and oxygen atoms in total. The summed E-state index contributed by atoms with van der Waals surface area (Å²) < 4.78 is 5.41. The van der Waals surface area contributed by atoms with Crippen molar-refractivity contribution in [2.45, 2.75) is 58.6 Å². The molecule has 4 unspecified atom stereocenters. The fourth-order valence-corrected chi connectivity index (χ4v) is 3.07. The van der Waals surface area contributed by atoms with E-state index in [4.69, 9.17) is 4.74 Å². The molecular weight excluding hydrogens is 198 g/mol. The van der Waals surface area contributed by atoms with Crippen molar-refractivity contribution < 1.29 is 4.74 Å². The van der Waals surface area contributed by atoms with Crippen LogP contribution >= 0.6 is 0 Å². The summed E-state index contributed by atoms with van der Waals surface area (Å²) in [6, 6.07) is 0.701. The first-order valence-electron chi connectivity index (χ1n) is 6.78. The second-order valence-corrected chi connectivity index (χ2v) is 5.75. The number of hydrogen-bond donors (Lipinski definition) is 1. The summed E-state index contributed by atoms with van der Waals surface area (Å²) in [7, 11) is 3.92. The Kier molecular flexibility index (Phi) is 5.77. The third-order valence-electron chi connectivity index (χ3n) is 4.37. The zero-order valence-corrected chi connectivity index (χ0v) is 11.6. The highest BCUT2D eigenvalue weighted by molar-refractivity contribution is 4.86. The standard InChI is InChI=1S/C14H29NO/c1-10(2)12-6-7-14(15-4)13(9-12)8-11(3)16-5/h10-15H,6-9H2,1-5H3. The molecule has 1 saturated carbocycles. The van der Waals surface area contributed by atoms with Gasteiger partial charge in [0.25, 0.3) is 0 Å². The average molecular weight is 227 g/mol. The van der Waals surface area contributed by atoms with Gasteiger partial charge in [0.15, 0.2) is 0 Å². The number of rotatable bonds is 5. The molecule has 96 valence electrons. The number of methoxy groups -OCH3 is 1. The van der Waals surface area contributed by atoms with Crippen LogP contribution in [0.1, 0.15) is 46.5 Å². The van der Waals surface area contributed by atoms with Crippen LogP contribution in [0.15, 0.2) is 0 Å². The molecule has 4 atom stereocenters. The number of ether oxygens (including phenoxy) is 1. The van der Waals surface area contributed by atoms with Gasteiger partial charge in [0, 0.05) is 13.2 Å². The molecule has 1 rings (SSSR count).